The first-order valence-corrected chi connectivity index (χ1v) is 8.24. The van der Waals surface area contributed by atoms with Gasteiger partial charge in [-0.05, 0) is 30.9 Å². The summed E-state index contributed by atoms with van der Waals surface area (Å²) >= 11 is 1.80. The Morgan fingerprint density at radius 1 is 1.16 bits per heavy atom. The Balaban J connectivity index is 1.69. The highest BCUT2D eigenvalue weighted by molar-refractivity contribution is 7.18. The van der Waals surface area contributed by atoms with Crippen molar-refractivity contribution in [3.63, 3.8) is 0 Å². The summed E-state index contributed by atoms with van der Waals surface area (Å²) in [5.41, 5.74) is 7.56. The zero-order valence-electron chi connectivity index (χ0n) is 11.3. The molecule has 1 aromatic carbocycles. The van der Waals surface area contributed by atoms with Crippen LogP contribution in [0.4, 0.5) is 0 Å². The van der Waals surface area contributed by atoms with Crippen LogP contribution < -0.4 is 5.73 Å². The number of nitrogens with zero attached hydrogens (tertiary/aromatic N) is 1. The Labute approximate surface area is 119 Å². The molecule has 3 heteroatoms. The zero-order valence-corrected chi connectivity index (χ0v) is 12.2. The maximum atomic E-state index is 6.44. The molecule has 0 aliphatic heterocycles. The number of nitrogens with two attached hydrogens (primary N) is 1. The van der Waals surface area contributed by atoms with Crippen molar-refractivity contribution >= 4 is 21.6 Å². The molecular formula is C16H22N2S. The third-order valence-corrected chi connectivity index (χ3v) is 5.31. The minimum atomic E-state index is 0.290. The fourth-order valence-electron chi connectivity index (χ4n) is 3.11. The van der Waals surface area contributed by atoms with Crippen molar-refractivity contribution in [3.8, 4) is 0 Å². The van der Waals surface area contributed by atoms with E-state index in [2.05, 4.69) is 24.3 Å². The van der Waals surface area contributed by atoms with Crippen LogP contribution >= 0.6 is 11.3 Å². The molecule has 0 spiro atoms. The average Bonchev–Trinajstić information content (AvgIpc) is 2.63. The summed E-state index contributed by atoms with van der Waals surface area (Å²) in [6, 6.07) is 8.66. The highest BCUT2D eigenvalue weighted by Crippen LogP contribution is 2.28. The van der Waals surface area contributed by atoms with Crippen molar-refractivity contribution in [2.75, 3.05) is 0 Å². The molecule has 1 aliphatic rings. The van der Waals surface area contributed by atoms with E-state index in [4.69, 9.17) is 10.7 Å². The number of thiazole rings is 1. The van der Waals surface area contributed by atoms with Gasteiger partial charge < -0.3 is 5.73 Å². The summed E-state index contributed by atoms with van der Waals surface area (Å²) in [6.07, 6.45) is 9.08. The lowest BCUT2D eigenvalue weighted by molar-refractivity contribution is 0.372. The molecule has 1 aliphatic carbocycles. The molecule has 3 rings (SSSR count). The van der Waals surface area contributed by atoms with Gasteiger partial charge >= 0.3 is 0 Å². The summed E-state index contributed by atoms with van der Waals surface area (Å²) < 4.78 is 1.28. The quantitative estimate of drug-likeness (QED) is 0.854. The van der Waals surface area contributed by atoms with Crippen LogP contribution in [-0.2, 0) is 6.42 Å². The monoisotopic (exact) mass is 274 g/mol. The Bertz CT molecular complexity index is 493. The van der Waals surface area contributed by atoms with Gasteiger partial charge in [0.05, 0.1) is 15.2 Å². The van der Waals surface area contributed by atoms with E-state index in [0.29, 0.717) is 12.0 Å². The van der Waals surface area contributed by atoms with Gasteiger partial charge in [0.25, 0.3) is 0 Å². The molecule has 0 amide bonds. The van der Waals surface area contributed by atoms with E-state index in [9.17, 15) is 0 Å². The first-order chi connectivity index (χ1) is 9.33. The van der Waals surface area contributed by atoms with E-state index < -0.39 is 0 Å². The minimum Gasteiger partial charge on any atom is -0.327 e. The first kappa shape index (κ1) is 13.1. The van der Waals surface area contributed by atoms with Gasteiger partial charge in [0, 0.05) is 12.5 Å². The lowest BCUT2D eigenvalue weighted by Gasteiger charge is -2.21. The third-order valence-electron chi connectivity index (χ3n) is 4.25. The molecule has 1 atom stereocenters. The molecule has 1 heterocycles. The largest absolute Gasteiger partial charge is 0.327 e. The Kier molecular flexibility index (Phi) is 4.14. The second kappa shape index (κ2) is 6.02. The molecule has 0 saturated heterocycles. The van der Waals surface area contributed by atoms with Crippen LogP contribution in [0.15, 0.2) is 24.3 Å². The SMILES string of the molecule is NC(Cc1nc2ccccc2s1)C1CCCCCC1. The maximum absolute atomic E-state index is 6.44. The van der Waals surface area contributed by atoms with E-state index in [0.717, 1.165) is 11.9 Å². The number of benzene rings is 1. The van der Waals surface area contributed by atoms with Crippen molar-refractivity contribution in [2.24, 2.45) is 11.7 Å². The molecular weight excluding hydrogens is 252 g/mol. The van der Waals surface area contributed by atoms with Gasteiger partial charge in [-0.25, -0.2) is 4.98 Å². The smallest absolute Gasteiger partial charge is 0.0954 e. The van der Waals surface area contributed by atoms with E-state index >= 15 is 0 Å². The van der Waals surface area contributed by atoms with Gasteiger partial charge in [0.2, 0.25) is 0 Å². The van der Waals surface area contributed by atoms with E-state index in [1.165, 1.54) is 48.2 Å². The summed E-state index contributed by atoms with van der Waals surface area (Å²) in [4.78, 5) is 4.71. The summed E-state index contributed by atoms with van der Waals surface area (Å²) in [7, 11) is 0. The van der Waals surface area contributed by atoms with Gasteiger partial charge in [0.15, 0.2) is 0 Å². The molecule has 0 radical (unpaired) electrons. The van der Waals surface area contributed by atoms with Crippen molar-refractivity contribution in [1.29, 1.82) is 0 Å². The van der Waals surface area contributed by atoms with Crippen molar-refractivity contribution < 1.29 is 0 Å². The third kappa shape index (κ3) is 3.15. The van der Waals surface area contributed by atoms with E-state index in [-0.39, 0.29) is 0 Å². The fourth-order valence-corrected chi connectivity index (χ4v) is 4.15. The maximum Gasteiger partial charge on any atom is 0.0954 e. The van der Waals surface area contributed by atoms with Crippen LogP contribution in [0, 0.1) is 5.92 Å². The fraction of sp³-hybridized carbons (Fsp3) is 0.562. The van der Waals surface area contributed by atoms with Gasteiger partial charge in [-0.3, -0.25) is 0 Å². The topological polar surface area (TPSA) is 38.9 Å². The van der Waals surface area contributed by atoms with Crippen LogP contribution in [0.2, 0.25) is 0 Å². The molecule has 1 unspecified atom stereocenters. The van der Waals surface area contributed by atoms with Gasteiger partial charge in [-0.2, -0.15) is 0 Å². The average molecular weight is 274 g/mol. The van der Waals surface area contributed by atoms with Crippen LogP contribution in [-0.4, -0.2) is 11.0 Å². The normalized spacial score (nSPS) is 19.4. The predicted molar refractivity (Wildman–Crippen MR) is 82.5 cm³/mol. The van der Waals surface area contributed by atoms with Crippen LogP contribution in [0.25, 0.3) is 10.2 Å². The van der Waals surface area contributed by atoms with Gasteiger partial charge in [-0.15, -0.1) is 11.3 Å². The molecule has 102 valence electrons. The van der Waals surface area contributed by atoms with Gasteiger partial charge in [-0.1, -0.05) is 37.8 Å². The highest BCUT2D eigenvalue weighted by atomic mass is 32.1. The van der Waals surface area contributed by atoms with Crippen LogP contribution in [0.1, 0.15) is 43.5 Å². The Morgan fingerprint density at radius 2 is 1.89 bits per heavy atom. The molecule has 1 fully saturated rings. The second-order valence-corrected chi connectivity index (χ2v) is 6.81. The second-order valence-electron chi connectivity index (χ2n) is 5.69. The van der Waals surface area contributed by atoms with Crippen LogP contribution in [0.3, 0.4) is 0 Å². The van der Waals surface area contributed by atoms with E-state index in [1.54, 1.807) is 11.3 Å². The molecule has 2 N–H and O–H groups in total. The first-order valence-electron chi connectivity index (χ1n) is 7.43. The Hall–Kier alpha value is -0.930. The number of fused-ring (bicyclic) bond motifs is 1. The van der Waals surface area contributed by atoms with Crippen molar-refractivity contribution in [2.45, 2.75) is 51.0 Å². The van der Waals surface area contributed by atoms with Crippen molar-refractivity contribution in [1.82, 2.24) is 4.98 Å². The van der Waals surface area contributed by atoms with Gasteiger partial charge in [0.1, 0.15) is 0 Å². The Morgan fingerprint density at radius 3 is 2.63 bits per heavy atom. The molecule has 2 nitrogen and oxygen atoms in total. The summed E-state index contributed by atoms with van der Waals surface area (Å²) in [5.74, 6) is 0.703. The lowest BCUT2D eigenvalue weighted by Crippen LogP contribution is -2.32. The number of hydrogen-bond acceptors (Lipinski definition) is 3. The number of rotatable bonds is 3. The molecule has 1 saturated carbocycles. The molecule has 0 bridgehead atoms. The summed E-state index contributed by atoms with van der Waals surface area (Å²) in [6.45, 7) is 0. The highest BCUT2D eigenvalue weighted by Gasteiger charge is 2.20. The minimum absolute atomic E-state index is 0.290. The molecule has 1 aromatic heterocycles. The zero-order chi connectivity index (χ0) is 13.1. The van der Waals surface area contributed by atoms with E-state index in [1.807, 2.05) is 0 Å². The number of hydrogen-bond donors (Lipinski definition) is 1. The molecule has 19 heavy (non-hydrogen) atoms. The lowest BCUT2D eigenvalue weighted by atomic mass is 9.91. The molecule has 2 aromatic rings. The summed E-state index contributed by atoms with van der Waals surface area (Å²) in [5, 5.41) is 1.21. The van der Waals surface area contributed by atoms with Crippen molar-refractivity contribution in [3.05, 3.63) is 29.3 Å². The number of para-hydroxylation sites is 1. The number of aromatic nitrogens is 1. The van der Waals surface area contributed by atoms with Crippen LogP contribution in [0.5, 0.6) is 0 Å². The standard InChI is InChI=1S/C16H22N2S/c17-13(12-7-3-1-2-4-8-12)11-16-18-14-9-5-6-10-15(14)19-16/h5-6,9-10,12-13H,1-4,7-8,11,17H2. The predicted octanol–water partition coefficient (Wildman–Crippen LogP) is 4.14.